The van der Waals surface area contributed by atoms with Gasteiger partial charge in [-0.2, -0.15) is 4.31 Å². The molecule has 0 unspecified atom stereocenters. The van der Waals surface area contributed by atoms with Gasteiger partial charge >= 0.3 is 0 Å². The summed E-state index contributed by atoms with van der Waals surface area (Å²) >= 11 is 0. The Morgan fingerprint density at radius 2 is 1.76 bits per heavy atom. The summed E-state index contributed by atoms with van der Waals surface area (Å²) in [6.07, 6.45) is 1.99. The SMILES string of the molecule is CN=C(NCCCCOCCOC)N1CCN(S(=O)(=O)CCOC(C)C)CC1.I. The summed E-state index contributed by atoms with van der Waals surface area (Å²) in [4.78, 5) is 6.42. The molecule has 0 amide bonds. The maximum atomic E-state index is 12.4. The van der Waals surface area contributed by atoms with Gasteiger partial charge in [0.05, 0.1) is 31.7 Å². The maximum absolute atomic E-state index is 12.4. The van der Waals surface area contributed by atoms with E-state index in [0.717, 1.165) is 32.0 Å². The molecule has 0 aliphatic carbocycles. The predicted molar refractivity (Wildman–Crippen MR) is 127 cm³/mol. The number of ether oxygens (including phenoxy) is 3. The minimum atomic E-state index is -3.27. The summed E-state index contributed by atoms with van der Waals surface area (Å²) < 4.78 is 42.1. The first-order valence-electron chi connectivity index (χ1n) is 10.0. The zero-order chi connectivity index (χ0) is 20.8. The lowest BCUT2D eigenvalue weighted by molar-refractivity contribution is 0.0689. The van der Waals surface area contributed by atoms with Crippen molar-refractivity contribution in [2.24, 2.45) is 4.99 Å². The minimum absolute atomic E-state index is 0. The number of guanidine groups is 1. The number of unbranched alkanes of at least 4 members (excludes halogenated alkanes) is 1. The monoisotopic (exact) mass is 550 g/mol. The highest BCUT2D eigenvalue weighted by atomic mass is 127. The van der Waals surface area contributed by atoms with Gasteiger partial charge in [0.2, 0.25) is 10.0 Å². The molecular weight excluding hydrogens is 511 g/mol. The van der Waals surface area contributed by atoms with Crippen LogP contribution in [0.3, 0.4) is 0 Å². The highest BCUT2D eigenvalue weighted by molar-refractivity contribution is 14.0. The number of nitrogens with one attached hydrogen (secondary N) is 1. The van der Waals surface area contributed by atoms with E-state index in [2.05, 4.69) is 15.2 Å². The van der Waals surface area contributed by atoms with Gasteiger partial charge < -0.3 is 24.4 Å². The Balaban J connectivity index is 0.00000784. The molecule has 0 bridgehead atoms. The highest BCUT2D eigenvalue weighted by Crippen LogP contribution is 2.09. The largest absolute Gasteiger partial charge is 0.382 e. The standard InChI is InChI=1S/C18H38N4O5S.HI/c1-17(2)27-15-16-28(23,24)22-10-8-21(9-11-22)18(19-3)20-7-5-6-12-26-14-13-25-4;/h17H,5-16H2,1-4H3,(H,19,20);1H. The smallest absolute Gasteiger partial charge is 0.216 e. The van der Waals surface area contributed by atoms with Crippen molar-refractivity contribution in [3.8, 4) is 0 Å². The van der Waals surface area contributed by atoms with Crippen molar-refractivity contribution in [1.29, 1.82) is 0 Å². The molecule has 9 nitrogen and oxygen atoms in total. The molecule has 1 aliphatic heterocycles. The normalized spacial score (nSPS) is 16.2. The molecule has 0 aromatic carbocycles. The van der Waals surface area contributed by atoms with E-state index in [4.69, 9.17) is 14.2 Å². The summed E-state index contributed by atoms with van der Waals surface area (Å²) in [5.41, 5.74) is 0. The lowest BCUT2D eigenvalue weighted by Crippen LogP contribution is -2.54. The van der Waals surface area contributed by atoms with Gasteiger partial charge in [0.1, 0.15) is 0 Å². The third-order valence-corrected chi connectivity index (χ3v) is 6.20. The summed E-state index contributed by atoms with van der Waals surface area (Å²) in [6.45, 7) is 9.02. The van der Waals surface area contributed by atoms with Crippen molar-refractivity contribution in [1.82, 2.24) is 14.5 Å². The number of sulfonamides is 1. The maximum Gasteiger partial charge on any atom is 0.216 e. The Bertz CT molecular complexity index is 540. The van der Waals surface area contributed by atoms with Crippen LogP contribution in [-0.4, -0.2) is 109 Å². The van der Waals surface area contributed by atoms with E-state index >= 15 is 0 Å². The molecule has 0 radical (unpaired) electrons. The van der Waals surface area contributed by atoms with Gasteiger partial charge in [0, 0.05) is 53.5 Å². The zero-order valence-corrected chi connectivity index (χ0v) is 21.4. The second kappa shape index (κ2) is 16.5. The molecule has 1 fully saturated rings. The number of rotatable bonds is 13. The van der Waals surface area contributed by atoms with Crippen LogP contribution in [0.25, 0.3) is 0 Å². The van der Waals surface area contributed by atoms with Crippen LogP contribution in [0.2, 0.25) is 0 Å². The van der Waals surface area contributed by atoms with Crippen LogP contribution >= 0.6 is 24.0 Å². The fourth-order valence-corrected chi connectivity index (χ4v) is 4.09. The van der Waals surface area contributed by atoms with E-state index in [0.29, 0.717) is 39.4 Å². The zero-order valence-electron chi connectivity index (χ0n) is 18.3. The van der Waals surface area contributed by atoms with Crippen LogP contribution in [0.15, 0.2) is 4.99 Å². The Hall–Kier alpha value is -0.210. The fraction of sp³-hybridized carbons (Fsp3) is 0.944. The Morgan fingerprint density at radius 1 is 1.07 bits per heavy atom. The van der Waals surface area contributed by atoms with Crippen LogP contribution in [0.1, 0.15) is 26.7 Å². The summed E-state index contributed by atoms with van der Waals surface area (Å²) in [5.74, 6) is 0.852. The molecule has 1 aliphatic rings. The third-order valence-electron chi connectivity index (χ3n) is 4.37. The summed E-state index contributed by atoms with van der Waals surface area (Å²) in [6, 6.07) is 0. The van der Waals surface area contributed by atoms with Crippen LogP contribution < -0.4 is 5.32 Å². The topological polar surface area (TPSA) is 92.7 Å². The predicted octanol–water partition coefficient (Wildman–Crippen LogP) is 0.995. The number of methoxy groups -OCH3 is 1. The molecule has 11 heteroatoms. The van der Waals surface area contributed by atoms with E-state index in [9.17, 15) is 8.42 Å². The highest BCUT2D eigenvalue weighted by Gasteiger charge is 2.27. The van der Waals surface area contributed by atoms with E-state index < -0.39 is 10.0 Å². The summed E-state index contributed by atoms with van der Waals surface area (Å²) in [7, 11) is 0.144. The second-order valence-electron chi connectivity index (χ2n) is 6.91. The van der Waals surface area contributed by atoms with Crippen LogP contribution in [-0.2, 0) is 24.2 Å². The average Bonchev–Trinajstić information content (AvgIpc) is 2.66. The second-order valence-corrected chi connectivity index (χ2v) is 9.00. The number of hydrogen-bond donors (Lipinski definition) is 1. The van der Waals surface area contributed by atoms with Crippen molar-refractivity contribution in [2.45, 2.75) is 32.8 Å². The first-order valence-corrected chi connectivity index (χ1v) is 11.6. The molecule has 0 saturated carbocycles. The van der Waals surface area contributed by atoms with Crippen molar-refractivity contribution in [3.63, 3.8) is 0 Å². The van der Waals surface area contributed by atoms with Gasteiger partial charge in [-0.3, -0.25) is 4.99 Å². The van der Waals surface area contributed by atoms with Crippen molar-refractivity contribution < 1.29 is 22.6 Å². The van der Waals surface area contributed by atoms with Crippen molar-refractivity contribution in [3.05, 3.63) is 0 Å². The molecule has 174 valence electrons. The van der Waals surface area contributed by atoms with Gasteiger partial charge in [0.15, 0.2) is 5.96 Å². The average molecular weight is 551 g/mol. The van der Waals surface area contributed by atoms with Gasteiger partial charge in [-0.1, -0.05) is 0 Å². The number of aliphatic imine (C=N–C) groups is 1. The number of nitrogens with zero attached hydrogens (tertiary/aromatic N) is 3. The Labute approximate surface area is 193 Å². The molecule has 1 N–H and O–H groups in total. The molecule has 29 heavy (non-hydrogen) atoms. The molecule has 1 heterocycles. The fourth-order valence-electron chi connectivity index (χ4n) is 2.80. The molecule has 0 atom stereocenters. The number of piperazine rings is 1. The first-order chi connectivity index (χ1) is 13.4. The summed E-state index contributed by atoms with van der Waals surface area (Å²) in [5, 5.41) is 3.35. The first kappa shape index (κ1) is 28.8. The van der Waals surface area contributed by atoms with Crippen LogP contribution in [0, 0.1) is 0 Å². The molecule has 0 aromatic heterocycles. The molecule has 0 aromatic rings. The van der Waals surface area contributed by atoms with Crippen molar-refractivity contribution >= 4 is 40.0 Å². The number of hydrogen-bond acceptors (Lipinski definition) is 6. The van der Waals surface area contributed by atoms with E-state index in [-0.39, 0.29) is 42.4 Å². The van der Waals surface area contributed by atoms with E-state index in [1.54, 1.807) is 18.5 Å². The van der Waals surface area contributed by atoms with Gasteiger partial charge in [-0.05, 0) is 26.7 Å². The lowest BCUT2D eigenvalue weighted by atomic mass is 10.3. The van der Waals surface area contributed by atoms with Gasteiger partial charge in [-0.25, -0.2) is 8.42 Å². The molecule has 0 spiro atoms. The molecule has 1 saturated heterocycles. The Morgan fingerprint density at radius 3 is 2.34 bits per heavy atom. The quantitative estimate of drug-likeness (QED) is 0.158. The number of halogens is 1. The van der Waals surface area contributed by atoms with Gasteiger partial charge in [0.25, 0.3) is 0 Å². The minimum Gasteiger partial charge on any atom is -0.382 e. The molecular formula is C18H39IN4O5S. The van der Waals surface area contributed by atoms with Crippen molar-refractivity contribution in [2.75, 3.05) is 79.1 Å². The van der Waals surface area contributed by atoms with Crippen LogP contribution in [0.5, 0.6) is 0 Å². The Kier molecular flexibility index (Phi) is 16.4. The third kappa shape index (κ3) is 12.3. The molecule has 1 rings (SSSR count). The van der Waals surface area contributed by atoms with E-state index in [1.807, 2.05) is 13.8 Å². The van der Waals surface area contributed by atoms with Gasteiger partial charge in [-0.15, -0.1) is 24.0 Å². The van der Waals surface area contributed by atoms with E-state index in [1.165, 1.54) is 0 Å². The van der Waals surface area contributed by atoms with Crippen LogP contribution in [0.4, 0.5) is 0 Å². The lowest BCUT2D eigenvalue weighted by Gasteiger charge is -2.35.